The Hall–Kier alpha value is -0.610. The molecular formula is C33H56O4. The minimum atomic E-state index is -0.283. The van der Waals surface area contributed by atoms with Gasteiger partial charge in [0.25, 0.3) is 0 Å². The van der Waals surface area contributed by atoms with E-state index in [1.54, 1.807) is 7.11 Å². The summed E-state index contributed by atoms with van der Waals surface area (Å²) in [6, 6.07) is 0. The van der Waals surface area contributed by atoms with Crippen LogP contribution in [0.2, 0.25) is 0 Å². The molecule has 7 unspecified atom stereocenters. The molecule has 37 heavy (non-hydrogen) atoms. The number of hydrogen-bond donors (Lipinski definition) is 0. The lowest BCUT2D eigenvalue weighted by Gasteiger charge is -2.73. The molecule has 11 atom stereocenters. The summed E-state index contributed by atoms with van der Waals surface area (Å²) in [5.41, 5.74) is 0.892. The van der Waals surface area contributed by atoms with Crippen LogP contribution in [0.4, 0.5) is 0 Å². The number of carbonyl (C=O) groups excluding carboxylic acids is 1. The molecule has 5 fully saturated rings. The lowest BCUT2D eigenvalue weighted by atomic mass is 9.32. The van der Waals surface area contributed by atoms with Gasteiger partial charge >= 0.3 is 5.97 Å². The summed E-state index contributed by atoms with van der Waals surface area (Å²) in [7, 11) is 5.37. The Morgan fingerprint density at radius 2 is 1.54 bits per heavy atom. The van der Waals surface area contributed by atoms with Gasteiger partial charge in [-0.2, -0.15) is 0 Å². The van der Waals surface area contributed by atoms with Gasteiger partial charge in [0.2, 0.25) is 0 Å². The van der Waals surface area contributed by atoms with Crippen molar-refractivity contribution in [1.29, 1.82) is 0 Å². The maximum atomic E-state index is 13.5. The number of fused-ring (bicyclic) bond motifs is 7. The second-order valence-electron chi connectivity index (χ2n) is 15.6. The van der Waals surface area contributed by atoms with Crippen LogP contribution in [0.15, 0.2) is 0 Å². The van der Waals surface area contributed by atoms with Gasteiger partial charge in [0.1, 0.15) is 0 Å². The highest BCUT2D eigenvalue weighted by molar-refractivity contribution is 5.78. The smallest absolute Gasteiger partial charge is 0.312 e. The summed E-state index contributed by atoms with van der Waals surface area (Å²) in [5.74, 6) is 3.59. The number of methoxy groups -OCH3 is 3. The summed E-state index contributed by atoms with van der Waals surface area (Å²) >= 11 is 0. The van der Waals surface area contributed by atoms with Gasteiger partial charge in [-0.3, -0.25) is 4.79 Å². The summed E-state index contributed by atoms with van der Waals surface area (Å²) < 4.78 is 17.3. The average Bonchev–Trinajstić information content (AvgIpc) is 3.25. The van der Waals surface area contributed by atoms with Crippen LogP contribution >= 0.6 is 0 Å². The van der Waals surface area contributed by atoms with Crippen LogP contribution in [0.5, 0.6) is 0 Å². The molecule has 0 radical (unpaired) electrons. The summed E-state index contributed by atoms with van der Waals surface area (Å²) in [6.45, 7) is 16.2. The van der Waals surface area contributed by atoms with Crippen molar-refractivity contribution in [3.63, 3.8) is 0 Å². The summed E-state index contributed by atoms with van der Waals surface area (Å²) in [5, 5.41) is 0. The van der Waals surface area contributed by atoms with Gasteiger partial charge in [0.15, 0.2) is 0 Å². The fourth-order valence-electron chi connectivity index (χ4n) is 12.6. The van der Waals surface area contributed by atoms with Crippen LogP contribution in [0.3, 0.4) is 0 Å². The van der Waals surface area contributed by atoms with Crippen molar-refractivity contribution in [2.45, 2.75) is 112 Å². The summed E-state index contributed by atoms with van der Waals surface area (Å²) in [4.78, 5) is 13.5. The van der Waals surface area contributed by atoms with Crippen LogP contribution in [0.1, 0.15) is 106 Å². The molecule has 4 heteroatoms. The molecule has 0 heterocycles. The Bertz CT molecular complexity index is 884. The molecule has 0 aliphatic heterocycles. The molecule has 0 N–H and O–H groups in total. The Morgan fingerprint density at radius 1 is 0.811 bits per heavy atom. The van der Waals surface area contributed by atoms with E-state index in [0.717, 1.165) is 37.7 Å². The quantitative estimate of drug-likeness (QED) is 0.354. The zero-order chi connectivity index (χ0) is 27.0. The van der Waals surface area contributed by atoms with E-state index in [9.17, 15) is 4.79 Å². The zero-order valence-electron chi connectivity index (χ0n) is 25.5. The third-order valence-corrected chi connectivity index (χ3v) is 14.5. The average molecular weight is 517 g/mol. The van der Waals surface area contributed by atoms with Crippen molar-refractivity contribution in [2.75, 3.05) is 27.9 Å². The first-order valence-electron chi connectivity index (χ1n) is 15.5. The first kappa shape index (κ1) is 27.9. The third-order valence-electron chi connectivity index (χ3n) is 14.5. The largest absolute Gasteiger partial charge is 0.469 e. The van der Waals surface area contributed by atoms with E-state index in [1.807, 2.05) is 14.2 Å². The molecule has 0 aromatic heterocycles. The number of carbonyl (C=O) groups is 1. The van der Waals surface area contributed by atoms with Crippen LogP contribution < -0.4 is 0 Å². The van der Waals surface area contributed by atoms with Gasteiger partial charge in [-0.05, 0) is 121 Å². The zero-order valence-corrected chi connectivity index (χ0v) is 25.5. The van der Waals surface area contributed by atoms with E-state index in [1.165, 1.54) is 44.9 Å². The van der Waals surface area contributed by atoms with E-state index < -0.39 is 0 Å². The van der Waals surface area contributed by atoms with Gasteiger partial charge in [-0.25, -0.2) is 0 Å². The molecule has 5 aliphatic rings. The number of esters is 1. The highest BCUT2D eigenvalue weighted by Crippen LogP contribution is 2.77. The Balaban J connectivity index is 1.54. The highest BCUT2D eigenvalue weighted by Gasteiger charge is 2.72. The van der Waals surface area contributed by atoms with Crippen molar-refractivity contribution in [2.24, 2.45) is 62.6 Å². The van der Waals surface area contributed by atoms with E-state index >= 15 is 0 Å². The lowest BCUT2D eigenvalue weighted by molar-refractivity contribution is -0.252. The van der Waals surface area contributed by atoms with Crippen molar-refractivity contribution < 1.29 is 19.0 Å². The standard InChI is InChI=1S/C33H56O4/c1-21(20-35-7)22-12-17-33(28(34)37-9)19-18-31(5)23(27(22)33)10-11-25-30(4)15-14-26(36-8)29(2,3)24(30)13-16-32(25,31)6/h21-27H,10-20H2,1-9H3/t21?,22-,23?,24?,25?,26?,27?,30-,31+,32+,33?/m0/s1. The number of hydrogen-bond acceptors (Lipinski definition) is 4. The van der Waals surface area contributed by atoms with Gasteiger partial charge in [-0.15, -0.1) is 0 Å². The summed E-state index contributed by atoms with van der Waals surface area (Å²) in [6.07, 6.45) is 12.4. The number of rotatable bonds is 5. The van der Waals surface area contributed by atoms with Gasteiger partial charge in [-0.1, -0.05) is 41.5 Å². The van der Waals surface area contributed by atoms with Crippen molar-refractivity contribution in [1.82, 2.24) is 0 Å². The first-order chi connectivity index (χ1) is 17.4. The molecule has 5 saturated carbocycles. The van der Waals surface area contributed by atoms with E-state index in [-0.39, 0.29) is 22.2 Å². The van der Waals surface area contributed by atoms with E-state index in [2.05, 4.69) is 41.5 Å². The lowest BCUT2D eigenvalue weighted by Crippen LogP contribution is -2.67. The van der Waals surface area contributed by atoms with Crippen LogP contribution in [0.25, 0.3) is 0 Å². The van der Waals surface area contributed by atoms with Crippen LogP contribution in [-0.4, -0.2) is 40.0 Å². The maximum absolute atomic E-state index is 13.5. The molecule has 5 rings (SSSR count). The van der Waals surface area contributed by atoms with Crippen LogP contribution in [-0.2, 0) is 19.0 Å². The molecule has 0 saturated heterocycles. The van der Waals surface area contributed by atoms with Crippen molar-refractivity contribution >= 4 is 5.97 Å². The Kier molecular flexibility index (Phi) is 6.96. The SMILES string of the molecule is COCC(C)[C@@H]1CCC2(C(=O)OC)CC[C@]3(C)C(CCC4[C@@]5(C)CCC(OC)C(C)(C)C5CC[C@]43C)C12. The fraction of sp³-hybridized carbons (Fsp3) is 0.970. The second-order valence-corrected chi connectivity index (χ2v) is 15.6. The predicted molar refractivity (Wildman–Crippen MR) is 148 cm³/mol. The maximum Gasteiger partial charge on any atom is 0.312 e. The van der Waals surface area contributed by atoms with Crippen molar-refractivity contribution in [3.8, 4) is 0 Å². The molecule has 0 aromatic rings. The second kappa shape index (κ2) is 9.22. The van der Waals surface area contributed by atoms with Gasteiger partial charge in [0.05, 0.1) is 18.6 Å². The molecule has 0 spiro atoms. The fourth-order valence-corrected chi connectivity index (χ4v) is 12.6. The topological polar surface area (TPSA) is 44.8 Å². The Labute approximate surface area is 227 Å². The molecule has 0 amide bonds. The third kappa shape index (κ3) is 3.55. The van der Waals surface area contributed by atoms with Gasteiger partial charge in [0, 0.05) is 20.8 Å². The minimum Gasteiger partial charge on any atom is -0.469 e. The molecule has 5 aliphatic carbocycles. The first-order valence-corrected chi connectivity index (χ1v) is 15.5. The molecule has 0 bridgehead atoms. The monoisotopic (exact) mass is 516 g/mol. The predicted octanol–water partition coefficient (Wildman–Crippen LogP) is 7.54. The Morgan fingerprint density at radius 3 is 2.19 bits per heavy atom. The normalized spacial score (nSPS) is 51.3. The minimum absolute atomic E-state index is 0.0780. The van der Waals surface area contributed by atoms with E-state index in [0.29, 0.717) is 40.6 Å². The van der Waals surface area contributed by atoms with Gasteiger partial charge < -0.3 is 14.2 Å². The molecule has 212 valence electrons. The van der Waals surface area contributed by atoms with Crippen molar-refractivity contribution in [3.05, 3.63) is 0 Å². The molecular weight excluding hydrogens is 460 g/mol. The van der Waals surface area contributed by atoms with E-state index in [4.69, 9.17) is 14.2 Å². The molecule has 0 aromatic carbocycles. The highest BCUT2D eigenvalue weighted by atomic mass is 16.5. The number of ether oxygens (including phenoxy) is 3. The van der Waals surface area contributed by atoms with Crippen LogP contribution in [0, 0.1) is 62.6 Å². The molecule has 4 nitrogen and oxygen atoms in total.